The summed E-state index contributed by atoms with van der Waals surface area (Å²) in [7, 11) is 9.71. The molecule has 0 saturated carbocycles. The Hall–Kier alpha value is -5.19. The van der Waals surface area contributed by atoms with Crippen LogP contribution in [0, 0.1) is 36.2 Å². The van der Waals surface area contributed by atoms with Crippen LogP contribution in [0.2, 0.25) is 0 Å². The average Bonchev–Trinajstić information content (AvgIpc) is 3.25. The summed E-state index contributed by atoms with van der Waals surface area (Å²) in [6.07, 6.45) is -8.54. The van der Waals surface area contributed by atoms with E-state index in [1.807, 2.05) is 13.1 Å². The Labute approximate surface area is 386 Å². The van der Waals surface area contributed by atoms with E-state index in [1.54, 1.807) is 39.3 Å². The fourth-order valence-electron chi connectivity index (χ4n) is 4.54. The predicted octanol–water partition coefficient (Wildman–Crippen LogP) is 14.3. The van der Waals surface area contributed by atoms with Crippen molar-refractivity contribution in [2.45, 2.75) is 12.4 Å². The minimum Gasteiger partial charge on any atom is -0.388 e. The molecule has 0 bridgehead atoms. The topological polar surface area (TPSA) is 72.2 Å². The van der Waals surface area contributed by atoms with Crippen molar-refractivity contribution in [1.29, 1.82) is 0 Å². The van der Waals surface area contributed by atoms with E-state index in [1.165, 1.54) is 72.3 Å². The average molecular weight is 1120 g/mol. The summed E-state index contributed by atoms with van der Waals surface area (Å²) in [6, 6.07) is 30.9. The lowest BCUT2D eigenvalue weighted by molar-refractivity contribution is -0.138. The van der Waals surface area contributed by atoms with E-state index in [9.17, 15) is 48.3 Å². The molecule has 0 saturated heterocycles. The van der Waals surface area contributed by atoms with Crippen LogP contribution in [0.3, 0.4) is 0 Å². The van der Waals surface area contributed by atoms with E-state index in [2.05, 4.69) is 101 Å². The maximum atomic E-state index is 12.8. The van der Waals surface area contributed by atoms with Crippen molar-refractivity contribution in [3.8, 4) is 0 Å². The van der Waals surface area contributed by atoms with Gasteiger partial charge in [-0.1, -0.05) is 24.3 Å². The van der Waals surface area contributed by atoms with Gasteiger partial charge in [-0.05, 0) is 142 Å². The highest BCUT2D eigenvalue weighted by Crippen LogP contribution is 2.34. The fourth-order valence-corrected chi connectivity index (χ4v) is 5.35. The van der Waals surface area contributed by atoms with Crippen LogP contribution < -0.4 is 31.9 Å². The first-order valence-corrected chi connectivity index (χ1v) is 20.3. The summed E-state index contributed by atoms with van der Waals surface area (Å²) < 4.78 is 138. The van der Waals surface area contributed by atoms with Gasteiger partial charge in [0.2, 0.25) is 0 Å². The van der Waals surface area contributed by atoms with Gasteiger partial charge in [0.1, 0.15) is 34.8 Å². The number of halogens is 13. The van der Waals surface area contributed by atoms with Gasteiger partial charge in [0.15, 0.2) is 0 Å². The van der Waals surface area contributed by atoms with Crippen LogP contribution in [-0.2, 0) is 12.4 Å². The van der Waals surface area contributed by atoms with Crippen LogP contribution in [-0.4, -0.2) is 42.3 Å². The molecule has 0 heterocycles. The second-order valence-corrected chi connectivity index (χ2v) is 14.5. The van der Waals surface area contributed by atoms with Crippen molar-refractivity contribution in [3.05, 3.63) is 175 Å². The number of rotatable bonds is 6. The molecule has 0 fully saturated rings. The van der Waals surface area contributed by atoms with Gasteiger partial charge in [-0.2, -0.15) is 26.3 Å². The summed E-state index contributed by atoms with van der Waals surface area (Å²) in [4.78, 5) is 0. The quantitative estimate of drug-likeness (QED) is 0.0738. The lowest BCUT2D eigenvalue weighted by Crippen LogP contribution is -2.08. The molecule has 6 aromatic rings. The highest BCUT2D eigenvalue weighted by atomic mass is 127. The molecule has 63 heavy (non-hydrogen) atoms. The highest BCUT2D eigenvalue weighted by Gasteiger charge is 2.32. The van der Waals surface area contributed by atoms with E-state index in [0.717, 1.165) is 33.5 Å². The first-order valence-electron chi connectivity index (χ1n) is 18.1. The van der Waals surface area contributed by atoms with Gasteiger partial charge in [0.05, 0.1) is 22.5 Å². The summed E-state index contributed by atoms with van der Waals surface area (Å²) in [6.45, 7) is 0. The summed E-state index contributed by atoms with van der Waals surface area (Å²) >= 11 is 4.36. The molecular weight excluding hydrogens is 1080 g/mol. The van der Waals surface area contributed by atoms with Crippen LogP contribution in [0.25, 0.3) is 0 Å². The molecule has 6 N–H and O–H groups in total. The third-order valence-corrected chi connectivity index (χ3v) is 9.12. The first-order chi connectivity index (χ1) is 29.6. The second-order valence-electron chi connectivity index (χ2n) is 12.0. The van der Waals surface area contributed by atoms with E-state index >= 15 is 0 Å². The Kier molecular flexibility index (Phi) is 25.2. The SMILES string of the molecule is CNc1c(F)cccc1F.CNc1ccc(F)cc1F.CNc1ccc(I)cc1.CNc1ccc(I)cc1F.CNc1cccc(C(F)(F)F)c1.CNc1ccccc1C(F)(F)F. The minimum absolute atomic E-state index is 0.0810. The Morgan fingerprint density at radius 3 is 1.30 bits per heavy atom. The largest absolute Gasteiger partial charge is 0.418 e. The molecule has 0 aliphatic rings. The van der Waals surface area contributed by atoms with E-state index in [-0.39, 0.29) is 17.2 Å². The van der Waals surface area contributed by atoms with Crippen molar-refractivity contribution < 1.29 is 48.3 Å². The van der Waals surface area contributed by atoms with Gasteiger partial charge in [-0.15, -0.1) is 0 Å². The van der Waals surface area contributed by atoms with Gasteiger partial charge < -0.3 is 31.9 Å². The van der Waals surface area contributed by atoms with E-state index in [4.69, 9.17) is 0 Å². The summed E-state index contributed by atoms with van der Waals surface area (Å²) in [5.41, 5.74) is 1.23. The van der Waals surface area contributed by atoms with Crippen molar-refractivity contribution in [1.82, 2.24) is 0 Å². The molecule has 0 aliphatic heterocycles. The van der Waals surface area contributed by atoms with E-state index in [0.29, 0.717) is 17.1 Å². The van der Waals surface area contributed by atoms with Crippen LogP contribution >= 0.6 is 45.2 Å². The van der Waals surface area contributed by atoms with Gasteiger partial charge in [-0.25, -0.2) is 22.0 Å². The summed E-state index contributed by atoms with van der Waals surface area (Å²) in [5.74, 6) is -2.46. The maximum Gasteiger partial charge on any atom is 0.418 e. The smallest absolute Gasteiger partial charge is 0.388 e. The predicted molar refractivity (Wildman–Crippen MR) is 251 cm³/mol. The van der Waals surface area contributed by atoms with Gasteiger partial charge >= 0.3 is 12.4 Å². The molecule has 342 valence electrons. The number of hydrogen-bond donors (Lipinski definition) is 6. The van der Waals surface area contributed by atoms with Crippen molar-refractivity contribution in [2.24, 2.45) is 0 Å². The zero-order chi connectivity index (χ0) is 47.8. The number of nitrogens with one attached hydrogen (secondary N) is 6. The maximum absolute atomic E-state index is 12.8. The molecule has 6 nitrogen and oxygen atoms in total. The number of para-hydroxylation sites is 2. The van der Waals surface area contributed by atoms with Crippen LogP contribution in [0.1, 0.15) is 11.1 Å². The molecule has 0 aliphatic carbocycles. The molecule has 19 heteroatoms. The molecule has 0 radical (unpaired) electrons. The lowest BCUT2D eigenvalue weighted by atomic mass is 10.2. The zero-order valence-electron chi connectivity index (χ0n) is 34.5. The lowest BCUT2D eigenvalue weighted by Gasteiger charge is -2.11. The van der Waals surface area contributed by atoms with Crippen molar-refractivity contribution in [3.63, 3.8) is 0 Å². The van der Waals surface area contributed by atoms with Crippen molar-refractivity contribution >= 4 is 79.3 Å². The Balaban J connectivity index is 0.000000379. The monoisotopic (exact) mass is 1120 g/mol. The fraction of sp³-hybridized carbons (Fsp3) is 0.182. The number of hydrogen-bond acceptors (Lipinski definition) is 6. The van der Waals surface area contributed by atoms with Gasteiger partial charge in [-0.3, -0.25) is 0 Å². The third-order valence-electron chi connectivity index (χ3n) is 7.73. The van der Waals surface area contributed by atoms with Crippen molar-refractivity contribution in [2.75, 3.05) is 74.2 Å². The van der Waals surface area contributed by atoms with Crippen LogP contribution in [0.5, 0.6) is 0 Å². The number of alkyl halides is 6. The highest BCUT2D eigenvalue weighted by molar-refractivity contribution is 14.1. The second kappa shape index (κ2) is 28.5. The first kappa shape index (κ1) is 55.8. The van der Waals surface area contributed by atoms with E-state index < -0.39 is 46.7 Å². The molecule has 0 unspecified atom stereocenters. The van der Waals surface area contributed by atoms with Crippen LogP contribution in [0.15, 0.2) is 127 Å². The zero-order valence-corrected chi connectivity index (χ0v) is 38.9. The third kappa shape index (κ3) is 21.2. The molecular formula is C44H45F11I2N6. The molecule has 6 rings (SSSR count). The minimum atomic E-state index is -4.28. The van der Waals surface area contributed by atoms with Gasteiger partial charge in [0.25, 0.3) is 0 Å². The molecule has 0 amide bonds. The Morgan fingerprint density at radius 2 is 0.873 bits per heavy atom. The van der Waals surface area contributed by atoms with Crippen LogP contribution in [0.4, 0.5) is 82.4 Å². The number of benzene rings is 6. The molecule has 0 aromatic heterocycles. The standard InChI is InChI=1S/2C8H8F3N.2C7H7F2N.C7H7FIN.C7H8IN/c1-12-7-4-2-3-6(5-7)8(9,10)11;1-12-7-5-3-2-4-6(7)8(9,10)11;1-10-7-3-2-5(8)4-6(7)9;1-10-7-5(8)3-2-4-6(7)9;1-10-7-3-2-5(9)4-6(7)8;1-9-7-4-2-6(8)3-5-7/h2*2-5,12H,1H3;3*2-4,10H,1H3;2-5,9H,1H3. The normalized spacial score (nSPS) is 10.1. The molecule has 0 atom stereocenters. The summed E-state index contributed by atoms with van der Waals surface area (Å²) in [5, 5.41) is 15.9. The van der Waals surface area contributed by atoms with Gasteiger partial charge in [0, 0.05) is 72.6 Å². The number of anilines is 6. The molecule has 0 spiro atoms. The molecule has 6 aromatic carbocycles. The Bertz CT molecular complexity index is 2170. The Morgan fingerprint density at radius 1 is 0.381 bits per heavy atom.